The number of nitrogens with two attached hydrogens (primary N) is 1. The second-order valence-electron chi connectivity index (χ2n) is 5.41. The van der Waals surface area contributed by atoms with Gasteiger partial charge in [-0.15, -0.1) is 5.10 Å². The number of para-hydroxylation sites is 1. The second kappa shape index (κ2) is 4.85. The molecule has 112 valence electrons. The molecule has 3 aromatic rings. The SMILES string of the molecule is Cc1[nH]nc2c1[C@@H](c1ccnc3ccccc13)C(C#N)=C(N)O2. The Balaban J connectivity index is 2.06. The molecule has 0 aliphatic carbocycles. The molecule has 0 bridgehead atoms. The van der Waals surface area contributed by atoms with Crippen molar-refractivity contribution in [2.45, 2.75) is 12.8 Å². The van der Waals surface area contributed by atoms with Crippen molar-refractivity contribution in [3.05, 3.63) is 64.8 Å². The van der Waals surface area contributed by atoms with Gasteiger partial charge in [0.25, 0.3) is 0 Å². The van der Waals surface area contributed by atoms with Crippen molar-refractivity contribution in [2.75, 3.05) is 0 Å². The van der Waals surface area contributed by atoms with E-state index in [1.54, 1.807) is 6.20 Å². The van der Waals surface area contributed by atoms with E-state index in [0.717, 1.165) is 27.7 Å². The first-order valence-electron chi connectivity index (χ1n) is 7.16. The minimum atomic E-state index is -0.324. The molecule has 0 radical (unpaired) electrons. The fourth-order valence-electron chi connectivity index (χ4n) is 3.08. The van der Waals surface area contributed by atoms with E-state index in [9.17, 15) is 5.26 Å². The van der Waals surface area contributed by atoms with Gasteiger partial charge in [-0.2, -0.15) is 5.26 Å². The molecule has 23 heavy (non-hydrogen) atoms. The molecule has 2 aromatic heterocycles. The van der Waals surface area contributed by atoms with Crippen LogP contribution in [0.4, 0.5) is 0 Å². The van der Waals surface area contributed by atoms with Crippen molar-refractivity contribution < 1.29 is 4.74 Å². The molecule has 6 nitrogen and oxygen atoms in total. The summed E-state index contributed by atoms with van der Waals surface area (Å²) in [4.78, 5) is 4.39. The molecule has 6 heteroatoms. The van der Waals surface area contributed by atoms with Crippen LogP contribution in [0.2, 0.25) is 0 Å². The van der Waals surface area contributed by atoms with E-state index in [0.29, 0.717) is 11.5 Å². The van der Waals surface area contributed by atoms with Crippen LogP contribution in [-0.4, -0.2) is 15.2 Å². The van der Waals surface area contributed by atoms with Crippen LogP contribution in [0.25, 0.3) is 10.9 Å². The Hall–Kier alpha value is -3.33. The number of nitrogens with zero attached hydrogens (tertiary/aromatic N) is 3. The van der Waals surface area contributed by atoms with E-state index in [1.807, 2.05) is 37.3 Å². The smallest absolute Gasteiger partial charge is 0.244 e. The number of benzene rings is 1. The fourth-order valence-corrected chi connectivity index (χ4v) is 3.08. The first-order valence-corrected chi connectivity index (χ1v) is 7.16. The molecule has 3 heterocycles. The zero-order valence-corrected chi connectivity index (χ0v) is 12.4. The number of aryl methyl sites for hydroxylation is 1. The Kier molecular flexibility index (Phi) is 2.81. The average Bonchev–Trinajstić information content (AvgIpc) is 2.94. The maximum Gasteiger partial charge on any atom is 0.244 e. The van der Waals surface area contributed by atoms with Gasteiger partial charge in [0.15, 0.2) is 0 Å². The molecular formula is C17H13N5O. The quantitative estimate of drug-likeness (QED) is 0.719. The van der Waals surface area contributed by atoms with Crippen LogP contribution < -0.4 is 10.5 Å². The molecular weight excluding hydrogens is 290 g/mol. The monoisotopic (exact) mass is 303 g/mol. The number of aromatic amines is 1. The summed E-state index contributed by atoms with van der Waals surface area (Å²) < 4.78 is 5.50. The van der Waals surface area contributed by atoms with Gasteiger partial charge in [0.1, 0.15) is 11.6 Å². The van der Waals surface area contributed by atoms with Crippen LogP contribution >= 0.6 is 0 Å². The summed E-state index contributed by atoms with van der Waals surface area (Å²) >= 11 is 0. The molecule has 0 saturated carbocycles. The Bertz CT molecular complexity index is 990. The standard InChI is InChI=1S/C17H13N5O/c1-9-14-15(12(8-18)16(19)23-17(14)22-21-9)11-6-7-20-13-5-3-2-4-10(11)13/h2-7,15H,19H2,1H3,(H,21,22)/t15-/m0/s1. The van der Waals surface area contributed by atoms with Gasteiger partial charge in [-0.25, -0.2) is 0 Å². The highest BCUT2D eigenvalue weighted by molar-refractivity contribution is 5.84. The molecule has 0 fully saturated rings. The Labute approximate surface area is 132 Å². The number of pyridine rings is 1. The Morgan fingerprint density at radius 1 is 1.30 bits per heavy atom. The highest BCUT2D eigenvalue weighted by Crippen LogP contribution is 2.44. The summed E-state index contributed by atoms with van der Waals surface area (Å²) in [5.41, 5.74) is 9.86. The van der Waals surface area contributed by atoms with Crippen molar-refractivity contribution in [1.29, 1.82) is 5.26 Å². The van der Waals surface area contributed by atoms with Crippen LogP contribution in [0, 0.1) is 18.3 Å². The maximum atomic E-state index is 9.61. The van der Waals surface area contributed by atoms with Crippen molar-refractivity contribution in [1.82, 2.24) is 15.2 Å². The number of allylic oxidation sites excluding steroid dienone is 1. The molecule has 1 atom stereocenters. The summed E-state index contributed by atoms with van der Waals surface area (Å²) in [6, 6.07) is 11.9. The van der Waals surface area contributed by atoms with Gasteiger partial charge in [0, 0.05) is 22.8 Å². The molecule has 0 amide bonds. The van der Waals surface area contributed by atoms with E-state index < -0.39 is 0 Å². The largest absolute Gasteiger partial charge is 0.420 e. The van der Waals surface area contributed by atoms with Gasteiger partial charge < -0.3 is 10.5 Å². The van der Waals surface area contributed by atoms with Crippen LogP contribution in [-0.2, 0) is 0 Å². The number of ether oxygens (including phenoxy) is 1. The molecule has 1 aliphatic rings. The van der Waals surface area contributed by atoms with Gasteiger partial charge >= 0.3 is 0 Å². The summed E-state index contributed by atoms with van der Waals surface area (Å²) in [6.07, 6.45) is 1.74. The number of hydrogen-bond acceptors (Lipinski definition) is 5. The highest BCUT2D eigenvalue weighted by Gasteiger charge is 2.35. The van der Waals surface area contributed by atoms with Crippen LogP contribution in [0.3, 0.4) is 0 Å². The number of aromatic nitrogens is 3. The predicted octanol–water partition coefficient (Wildman–Crippen LogP) is 2.48. The molecule has 3 N–H and O–H groups in total. The number of nitriles is 1. The fraction of sp³-hybridized carbons (Fsp3) is 0.118. The Morgan fingerprint density at radius 2 is 2.13 bits per heavy atom. The van der Waals surface area contributed by atoms with Gasteiger partial charge in [0.05, 0.1) is 11.4 Å². The summed E-state index contributed by atoms with van der Waals surface area (Å²) in [7, 11) is 0. The third-order valence-corrected chi connectivity index (χ3v) is 4.12. The minimum absolute atomic E-state index is 0.0948. The van der Waals surface area contributed by atoms with Gasteiger partial charge in [0.2, 0.25) is 11.8 Å². The number of hydrogen-bond donors (Lipinski definition) is 2. The lowest BCUT2D eigenvalue weighted by Gasteiger charge is -2.24. The number of rotatable bonds is 1. The number of fused-ring (bicyclic) bond motifs is 2. The van der Waals surface area contributed by atoms with E-state index in [4.69, 9.17) is 10.5 Å². The lowest BCUT2D eigenvalue weighted by molar-refractivity contribution is 0.379. The van der Waals surface area contributed by atoms with Crippen molar-refractivity contribution in [3.8, 4) is 11.9 Å². The van der Waals surface area contributed by atoms with E-state index in [-0.39, 0.29) is 11.8 Å². The normalized spacial score (nSPS) is 16.8. The zero-order chi connectivity index (χ0) is 16.0. The second-order valence-corrected chi connectivity index (χ2v) is 5.41. The third-order valence-electron chi connectivity index (χ3n) is 4.12. The molecule has 4 rings (SSSR count). The Morgan fingerprint density at radius 3 is 2.96 bits per heavy atom. The number of nitrogens with one attached hydrogen (secondary N) is 1. The van der Waals surface area contributed by atoms with E-state index in [1.165, 1.54) is 0 Å². The lowest BCUT2D eigenvalue weighted by Crippen LogP contribution is -2.21. The first-order chi connectivity index (χ1) is 11.2. The molecule has 0 unspecified atom stereocenters. The van der Waals surface area contributed by atoms with Crippen LogP contribution in [0.1, 0.15) is 22.7 Å². The summed E-state index contributed by atoms with van der Waals surface area (Å²) in [5.74, 6) is 0.192. The third kappa shape index (κ3) is 1.87. The van der Waals surface area contributed by atoms with Gasteiger partial charge in [-0.1, -0.05) is 18.2 Å². The van der Waals surface area contributed by atoms with Gasteiger partial charge in [-0.05, 0) is 24.6 Å². The maximum absolute atomic E-state index is 9.61. The molecule has 1 aliphatic heterocycles. The van der Waals surface area contributed by atoms with Crippen LogP contribution in [0.15, 0.2) is 48.0 Å². The molecule has 0 spiro atoms. The summed E-state index contributed by atoms with van der Waals surface area (Å²) in [5, 5.41) is 17.6. The molecule has 1 aromatic carbocycles. The molecule has 0 saturated heterocycles. The van der Waals surface area contributed by atoms with Crippen molar-refractivity contribution in [3.63, 3.8) is 0 Å². The lowest BCUT2D eigenvalue weighted by atomic mass is 9.83. The van der Waals surface area contributed by atoms with Gasteiger partial charge in [-0.3, -0.25) is 10.1 Å². The predicted molar refractivity (Wildman–Crippen MR) is 84.4 cm³/mol. The first kappa shape index (κ1) is 13.3. The average molecular weight is 303 g/mol. The van der Waals surface area contributed by atoms with Crippen molar-refractivity contribution >= 4 is 10.9 Å². The minimum Gasteiger partial charge on any atom is -0.420 e. The zero-order valence-electron chi connectivity index (χ0n) is 12.4. The van der Waals surface area contributed by atoms with E-state index in [2.05, 4.69) is 21.3 Å². The van der Waals surface area contributed by atoms with E-state index >= 15 is 0 Å². The van der Waals surface area contributed by atoms with Crippen molar-refractivity contribution in [2.24, 2.45) is 5.73 Å². The van der Waals surface area contributed by atoms with Crippen LogP contribution in [0.5, 0.6) is 5.88 Å². The summed E-state index contributed by atoms with van der Waals surface area (Å²) in [6.45, 7) is 1.90. The highest BCUT2D eigenvalue weighted by atomic mass is 16.5. The number of H-pyrrole nitrogens is 1. The topological polar surface area (TPSA) is 101 Å².